The van der Waals surface area contributed by atoms with E-state index < -0.39 is 0 Å². The van der Waals surface area contributed by atoms with Crippen LogP contribution in [0, 0.1) is 6.92 Å². The summed E-state index contributed by atoms with van der Waals surface area (Å²) in [4.78, 5) is 4.27. The van der Waals surface area contributed by atoms with E-state index in [0.29, 0.717) is 23.3 Å². The molecular weight excluding hydrogens is 272 g/mol. The molecule has 3 rings (SSSR count). The number of methoxy groups -OCH3 is 1. The third-order valence-corrected chi connectivity index (χ3v) is 2.95. The van der Waals surface area contributed by atoms with Crippen molar-refractivity contribution in [2.75, 3.05) is 7.11 Å². The van der Waals surface area contributed by atoms with Crippen molar-refractivity contribution in [1.82, 2.24) is 20.3 Å². The Morgan fingerprint density at radius 2 is 2.00 bits per heavy atom. The van der Waals surface area contributed by atoms with Gasteiger partial charge in [-0.3, -0.25) is 0 Å². The number of phenols is 1. The lowest BCUT2D eigenvalue weighted by molar-refractivity contribution is 0.392. The fourth-order valence-electron chi connectivity index (χ4n) is 1.78. The minimum absolute atomic E-state index is 0.222. The number of rotatable bonds is 3. The normalized spacial score (nSPS) is 10.6. The van der Waals surface area contributed by atoms with E-state index in [2.05, 4.69) is 20.3 Å². The van der Waals surface area contributed by atoms with Crippen molar-refractivity contribution in [2.45, 2.75) is 6.92 Å². The van der Waals surface area contributed by atoms with E-state index in [9.17, 15) is 5.11 Å². The maximum Gasteiger partial charge on any atom is 0.258 e. The van der Waals surface area contributed by atoms with E-state index in [1.54, 1.807) is 37.3 Å². The number of hydrogen-bond acceptors (Lipinski definition) is 7. The van der Waals surface area contributed by atoms with Crippen molar-refractivity contribution in [3.63, 3.8) is 0 Å². The number of aromatic hydroxyl groups is 1. The molecule has 2 heterocycles. The molecule has 0 amide bonds. The highest BCUT2D eigenvalue weighted by molar-refractivity contribution is 5.59. The third kappa shape index (κ3) is 2.53. The molecule has 0 fully saturated rings. The van der Waals surface area contributed by atoms with Gasteiger partial charge in [-0.2, -0.15) is 4.98 Å². The zero-order valence-electron chi connectivity index (χ0n) is 11.4. The Bertz CT molecular complexity index is 768. The standard InChI is InChI=1S/C14H12N4O3/c1-8-7-9(3-5-11(8)19)14-15-13(18-21-14)10-4-6-12(20-2)17-16-10/h3-7,19H,1-2H3. The molecule has 0 aliphatic heterocycles. The van der Waals surface area contributed by atoms with Gasteiger partial charge in [0.25, 0.3) is 5.89 Å². The van der Waals surface area contributed by atoms with Gasteiger partial charge in [0.05, 0.1) is 7.11 Å². The molecular formula is C14H12N4O3. The fraction of sp³-hybridized carbons (Fsp3) is 0.143. The van der Waals surface area contributed by atoms with Crippen molar-refractivity contribution in [3.8, 4) is 34.6 Å². The molecule has 2 aromatic heterocycles. The lowest BCUT2D eigenvalue weighted by atomic mass is 10.1. The van der Waals surface area contributed by atoms with Crippen molar-refractivity contribution in [1.29, 1.82) is 0 Å². The first-order chi connectivity index (χ1) is 10.2. The van der Waals surface area contributed by atoms with Gasteiger partial charge in [0.2, 0.25) is 11.7 Å². The molecule has 1 N–H and O–H groups in total. The van der Waals surface area contributed by atoms with Crippen LogP contribution in [0.25, 0.3) is 23.0 Å². The predicted molar refractivity (Wildman–Crippen MR) is 73.7 cm³/mol. The Labute approximate surface area is 120 Å². The molecule has 0 aliphatic carbocycles. The van der Waals surface area contributed by atoms with Crippen LogP contribution >= 0.6 is 0 Å². The van der Waals surface area contributed by atoms with Crippen molar-refractivity contribution >= 4 is 0 Å². The Hall–Kier alpha value is -2.96. The second-order valence-corrected chi connectivity index (χ2v) is 4.39. The van der Waals surface area contributed by atoms with Gasteiger partial charge in [-0.25, -0.2) is 0 Å². The van der Waals surface area contributed by atoms with Crippen LogP contribution in [0.2, 0.25) is 0 Å². The summed E-state index contributed by atoms with van der Waals surface area (Å²) in [5.41, 5.74) is 1.95. The van der Waals surface area contributed by atoms with Crippen LogP contribution in [0.4, 0.5) is 0 Å². The van der Waals surface area contributed by atoms with E-state index >= 15 is 0 Å². The van der Waals surface area contributed by atoms with Crippen LogP contribution in [-0.4, -0.2) is 32.6 Å². The zero-order chi connectivity index (χ0) is 14.8. The molecule has 7 nitrogen and oxygen atoms in total. The first-order valence-corrected chi connectivity index (χ1v) is 6.19. The van der Waals surface area contributed by atoms with E-state index in [4.69, 9.17) is 9.26 Å². The molecule has 0 radical (unpaired) electrons. The number of phenolic OH excluding ortho intramolecular Hbond substituents is 1. The molecule has 106 valence electrons. The zero-order valence-corrected chi connectivity index (χ0v) is 11.4. The number of aromatic nitrogens is 4. The van der Waals surface area contributed by atoms with Crippen LogP contribution in [0.1, 0.15) is 5.56 Å². The van der Waals surface area contributed by atoms with Gasteiger partial charge in [0.1, 0.15) is 11.4 Å². The number of nitrogens with zero attached hydrogens (tertiary/aromatic N) is 4. The van der Waals surface area contributed by atoms with Crippen molar-refractivity contribution in [2.24, 2.45) is 0 Å². The predicted octanol–water partition coefficient (Wildman–Crippen LogP) is 2.22. The second kappa shape index (κ2) is 5.20. The SMILES string of the molecule is COc1ccc(-c2noc(-c3ccc(O)c(C)c3)n2)nn1. The summed E-state index contributed by atoms with van der Waals surface area (Å²) in [6, 6.07) is 8.43. The monoisotopic (exact) mass is 284 g/mol. The van der Waals surface area contributed by atoms with E-state index in [0.717, 1.165) is 11.1 Å². The molecule has 0 saturated carbocycles. The Kier molecular flexibility index (Phi) is 3.23. The smallest absolute Gasteiger partial charge is 0.258 e. The third-order valence-electron chi connectivity index (χ3n) is 2.95. The second-order valence-electron chi connectivity index (χ2n) is 4.39. The first kappa shape index (κ1) is 13.0. The molecule has 0 bridgehead atoms. The van der Waals surface area contributed by atoms with Gasteiger partial charge in [-0.15, -0.1) is 10.2 Å². The van der Waals surface area contributed by atoms with Crippen LogP contribution in [-0.2, 0) is 0 Å². The summed E-state index contributed by atoms with van der Waals surface area (Å²) in [6.07, 6.45) is 0. The number of benzene rings is 1. The number of hydrogen-bond donors (Lipinski definition) is 1. The summed E-state index contributed by atoms with van der Waals surface area (Å²) >= 11 is 0. The quantitative estimate of drug-likeness (QED) is 0.787. The summed E-state index contributed by atoms with van der Waals surface area (Å²) in [5, 5.41) is 21.2. The van der Waals surface area contributed by atoms with Gasteiger partial charge in [0.15, 0.2) is 0 Å². The summed E-state index contributed by atoms with van der Waals surface area (Å²) in [7, 11) is 1.52. The summed E-state index contributed by atoms with van der Waals surface area (Å²) in [5.74, 6) is 1.33. The van der Waals surface area contributed by atoms with E-state index in [1.165, 1.54) is 7.11 Å². The first-order valence-electron chi connectivity index (χ1n) is 6.19. The van der Waals surface area contributed by atoms with Crippen LogP contribution in [0.3, 0.4) is 0 Å². The van der Waals surface area contributed by atoms with E-state index in [1.807, 2.05) is 0 Å². The molecule has 0 aliphatic rings. The lowest BCUT2D eigenvalue weighted by Gasteiger charge is -1.99. The van der Waals surface area contributed by atoms with Crippen molar-refractivity contribution in [3.05, 3.63) is 35.9 Å². The molecule has 0 unspecified atom stereocenters. The highest BCUT2D eigenvalue weighted by atomic mass is 16.5. The van der Waals surface area contributed by atoms with Gasteiger partial charge in [0, 0.05) is 11.6 Å². The van der Waals surface area contributed by atoms with Crippen LogP contribution < -0.4 is 4.74 Å². The van der Waals surface area contributed by atoms with Crippen LogP contribution in [0.15, 0.2) is 34.9 Å². The molecule has 3 aromatic rings. The highest BCUT2D eigenvalue weighted by Gasteiger charge is 2.13. The average molecular weight is 284 g/mol. The maximum absolute atomic E-state index is 9.53. The molecule has 0 spiro atoms. The van der Waals surface area contributed by atoms with Gasteiger partial charge >= 0.3 is 0 Å². The van der Waals surface area contributed by atoms with E-state index in [-0.39, 0.29) is 5.75 Å². The Balaban J connectivity index is 1.93. The molecule has 0 saturated heterocycles. The topological polar surface area (TPSA) is 94.2 Å². The summed E-state index contributed by atoms with van der Waals surface area (Å²) < 4.78 is 10.2. The van der Waals surface area contributed by atoms with Gasteiger partial charge in [-0.1, -0.05) is 5.16 Å². The summed E-state index contributed by atoms with van der Waals surface area (Å²) in [6.45, 7) is 1.80. The Morgan fingerprint density at radius 1 is 1.14 bits per heavy atom. The molecule has 7 heteroatoms. The fourth-order valence-corrected chi connectivity index (χ4v) is 1.78. The van der Waals surface area contributed by atoms with Gasteiger partial charge in [-0.05, 0) is 36.8 Å². The minimum Gasteiger partial charge on any atom is -0.508 e. The minimum atomic E-state index is 0.222. The maximum atomic E-state index is 9.53. The van der Waals surface area contributed by atoms with Crippen molar-refractivity contribution < 1.29 is 14.4 Å². The lowest BCUT2D eigenvalue weighted by Crippen LogP contribution is -1.93. The number of aryl methyl sites for hydroxylation is 1. The Morgan fingerprint density at radius 3 is 2.67 bits per heavy atom. The molecule has 21 heavy (non-hydrogen) atoms. The molecule has 1 aromatic carbocycles. The average Bonchev–Trinajstić information content (AvgIpc) is 3.00. The molecule has 0 atom stereocenters. The van der Waals surface area contributed by atoms with Crippen LogP contribution in [0.5, 0.6) is 11.6 Å². The number of ether oxygens (including phenoxy) is 1. The largest absolute Gasteiger partial charge is 0.508 e. The highest BCUT2D eigenvalue weighted by Crippen LogP contribution is 2.25. The van der Waals surface area contributed by atoms with Gasteiger partial charge < -0.3 is 14.4 Å².